The first kappa shape index (κ1) is 49.0. The molecule has 0 aromatic carbocycles. The number of alkyl halides is 6. The number of unbranched alkanes of at least 4 members (excludes halogenated alkanes) is 21. The highest BCUT2D eigenvalue weighted by atomic mass is 32.3. The summed E-state index contributed by atoms with van der Waals surface area (Å²) in [6.07, 6.45) is 40.2. The van der Waals surface area contributed by atoms with E-state index in [1.54, 1.807) is 18.5 Å². The van der Waals surface area contributed by atoms with Gasteiger partial charge < -0.3 is 4.13 Å². The van der Waals surface area contributed by atoms with Crippen LogP contribution in [0.25, 0.3) is 4.13 Å². The summed E-state index contributed by atoms with van der Waals surface area (Å²) in [5, 5.41) is 0. The van der Waals surface area contributed by atoms with Crippen LogP contribution in [-0.2, 0) is 20.0 Å². The van der Waals surface area contributed by atoms with E-state index in [1.807, 2.05) is 0 Å². The van der Waals surface area contributed by atoms with E-state index >= 15 is 0 Å². The summed E-state index contributed by atoms with van der Waals surface area (Å²) in [5.41, 5.74) is -12.4. The molecular formula is C33H66F6NO4PS2. The Labute approximate surface area is 285 Å². The molecule has 0 rings (SSSR count). The fraction of sp³-hybridized carbons (Fsp3) is 1.00. The molecule has 0 spiro atoms. The zero-order valence-corrected chi connectivity index (χ0v) is 32.2. The third-order valence-corrected chi connectivity index (χ3v) is 15.4. The predicted octanol–water partition coefficient (Wildman–Crippen LogP) is 13.1. The van der Waals surface area contributed by atoms with Gasteiger partial charge in [0.05, 0.1) is 18.5 Å². The number of hydrogen-bond acceptors (Lipinski definition) is 4. The summed E-state index contributed by atoms with van der Waals surface area (Å²) < 4.78 is 109. The number of halogens is 6. The molecule has 0 bridgehead atoms. The van der Waals surface area contributed by atoms with E-state index in [1.165, 1.54) is 154 Å². The van der Waals surface area contributed by atoms with Gasteiger partial charge in [-0.15, -0.1) is 0 Å². The van der Waals surface area contributed by atoms with Crippen LogP contribution < -0.4 is 0 Å². The lowest BCUT2D eigenvalue weighted by Crippen LogP contribution is -2.30. The van der Waals surface area contributed by atoms with Crippen molar-refractivity contribution in [1.82, 2.24) is 0 Å². The Bertz CT molecular complexity index is 853. The summed E-state index contributed by atoms with van der Waals surface area (Å²) >= 11 is 0. The third kappa shape index (κ3) is 27.3. The van der Waals surface area contributed by atoms with Crippen LogP contribution in [0, 0.1) is 0 Å². The summed E-state index contributed by atoms with van der Waals surface area (Å²) in [7, 11) is -14.1. The smallest absolute Gasteiger partial charge is 0.421 e. The molecule has 0 aromatic heterocycles. The maximum absolute atomic E-state index is 11.4. The molecule has 0 fully saturated rings. The zero-order valence-electron chi connectivity index (χ0n) is 29.7. The highest BCUT2D eigenvalue weighted by molar-refractivity contribution is 8.13. The largest absolute Gasteiger partial charge is 0.480 e. The molecule has 0 saturated carbocycles. The Balaban J connectivity index is 0. The van der Waals surface area contributed by atoms with Gasteiger partial charge in [0.2, 0.25) is 0 Å². The first-order valence-corrected chi connectivity index (χ1v) is 23.8. The van der Waals surface area contributed by atoms with E-state index in [9.17, 15) is 43.2 Å². The van der Waals surface area contributed by atoms with Crippen LogP contribution in [0.2, 0.25) is 0 Å². The monoisotopic (exact) mass is 749 g/mol. The fourth-order valence-corrected chi connectivity index (χ4v) is 10.8. The average molecular weight is 750 g/mol. The van der Waals surface area contributed by atoms with E-state index in [2.05, 4.69) is 27.4 Å². The standard InChI is InChI=1S/C31H66P.C2F6NO4S2/c1-5-8-11-14-17-20-23-26-29-32(4,30-27-24-21-18-15-12-9-6-2)31-28-25-22-19-16-13-10-7-3;3-1(4,5)14(10,11)9-15(12,13)2(6,7)8/h5-31H2,1-4H3;/q+1;-1. The number of hydrogen-bond donors (Lipinski definition) is 0. The second-order valence-corrected chi connectivity index (χ2v) is 21.1. The molecule has 0 heterocycles. The maximum atomic E-state index is 11.4. The first-order chi connectivity index (χ1) is 21.9. The molecule has 0 atom stereocenters. The van der Waals surface area contributed by atoms with Crippen molar-refractivity contribution in [3.05, 3.63) is 4.13 Å². The molecule has 0 aliphatic carbocycles. The van der Waals surface area contributed by atoms with Crippen molar-refractivity contribution in [2.24, 2.45) is 0 Å². The lowest BCUT2D eigenvalue weighted by Gasteiger charge is -2.24. The van der Waals surface area contributed by atoms with Crippen molar-refractivity contribution in [3.63, 3.8) is 0 Å². The van der Waals surface area contributed by atoms with Crippen LogP contribution in [0.3, 0.4) is 0 Å². The molecule has 0 radical (unpaired) electrons. The Kier molecular flexibility index (Phi) is 28.7. The van der Waals surface area contributed by atoms with Crippen molar-refractivity contribution in [1.29, 1.82) is 0 Å². The van der Waals surface area contributed by atoms with E-state index in [0.717, 1.165) is 4.13 Å². The van der Waals surface area contributed by atoms with Gasteiger partial charge in [0, 0.05) is 13.9 Å². The minimum absolute atomic E-state index is 0.668. The van der Waals surface area contributed by atoms with Crippen LogP contribution in [0.15, 0.2) is 0 Å². The highest BCUT2D eigenvalue weighted by Crippen LogP contribution is 2.57. The van der Waals surface area contributed by atoms with Crippen LogP contribution >= 0.6 is 7.26 Å². The summed E-state index contributed by atoms with van der Waals surface area (Å²) in [6, 6.07) is 0. The molecule has 286 valence electrons. The van der Waals surface area contributed by atoms with Gasteiger partial charge >= 0.3 is 11.0 Å². The Morgan fingerprint density at radius 1 is 0.404 bits per heavy atom. The van der Waals surface area contributed by atoms with Crippen molar-refractivity contribution < 1.29 is 43.2 Å². The van der Waals surface area contributed by atoms with Crippen molar-refractivity contribution in [2.75, 3.05) is 25.2 Å². The molecular weight excluding hydrogens is 683 g/mol. The highest BCUT2D eigenvalue weighted by Gasteiger charge is 2.47. The molecule has 47 heavy (non-hydrogen) atoms. The molecule has 0 amide bonds. The van der Waals surface area contributed by atoms with Crippen LogP contribution in [0.5, 0.6) is 0 Å². The van der Waals surface area contributed by atoms with Gasteiger partial charge in [0.25, 0.3) is 0 Å². The van der Waals surface area contributed by atoms with Crippen LogP contribution in [0.1, 0.15) is 175 Å². The van der Waals surface area contributed by atoms with Gasteiger partial charge in [-0.2, -0.15) is 26.3 Å². The minimum Gasteiger partial charge on any atom is -0.421 e. The SMILES string of the molecule is CCCCCCCCCC[P+](C)(CCCCCCCCCC)CCCCCCCCCC.O=S(=O)([N-]S(=O)(=O)C(F)(F)F)C(F)(F)F. The van der Waals surface area contributed by atoms with Crippen molar-refractivity contribution in [3.8, 4) is 0 Å². The quantitative estimate of drug-likeness (QED) is 0.0433. The minimum atomic E-state index is -6.72. The molecule has 0 unspecified atom stereocenters. The third-order valence-electron chi connectivity index (χ3n) is 8.44. The topological polar surface area (TPSA) is 82.4 Å². The van der Waals surface area contributed by atoms with Crippen molar-refractivity contribution in [2.45, 2.75) is 186 Å². The van der Waals surface area contributed by atoms with Gasteiger partial charge in [0.15, 0.2) is 20.0 Å². The average Bonchev–Trinajstić information content (AvgIpc) is 2.96. The second kappa shape index (κ2) is 27.6. The molecule has 0 aromatic rings. The normalized spacial score (nSPS) is 13.1. The van der Waals surface area contributed by atoms with Gasteiger partial charge in [-0.1, -0.05) is 136 Å². The summed E-state index contributed by atoms with van der Waals surface area (Å²) in [6.45, 7) is 9.73. The molecule has 14 heteroatoms. The number of sulfonamides is 2. The zero-order chi connectivity index (χ0) is 36.3. The van der Waals surface area contributed by atoms with Gasteiger partial charge in [-0.05, 0) is 38.5 Å². The van der Waals surface area contributed by atoms with Crippen LogP contribution in [-0.4, -0.2) is 53.0 Å². The number of nitrogens with zero attached hydrogens (tertiary/aromatic N) is 1. The Morgan fingerprint density at radius 2 is 0.596 bits per heavy atom. The lowest BCUT2D eigenvalue weighted by molar-refractivity contribution is -0.0444. The Hall–Kier alpha value is -0.130. The van der Waals surface area contributed by atoms with Gasteiger partial charge in [0.1, 0.15) is 0 Å². The van der Waals surface area contributed by atoms with Gasteiger partial charge in [-0.3, -0.25) is 0 Å². The van der Waals surface area contributed by atoms with Crippen molar-refractivity contribution >= 4 is 27.3 Å². The van der Waals surface area contributed by atoms with E-state index in [0.29, 0.717) is 0 Å². The molecule has 0 aliphatic heterocycles. The lowest BCUT2D eigenvalue weighted by atomic mass is 10.1. The fourth-order valence-electron chi connectivity index (χ4n) is 5.43. The number of rotatable bonds is 29. The van der Waals surface area contributed by atoms with E-state index in [4.69, 9.17) is 0 Å². The van der Waals surface area contributed by atoms with E-state index < -0.39 is 38.3 Å². The summed E-state index contributed by atoms with van der Waals surface area (Å²) in [5.74, 6) is 0. The van der Waals surface area contributed by atoms with Gasteiger partial charge in [-0.25, -0.2) is 16.8 Å². The molecule has 0 saturated heterocycles. The van der Waals surface area contributed by atoms with E-state index in [-0.39, 0.29) is 0 Å². The first-order valence-electron chi connectivity index (χ1n) is 18.1. The summed E-state index contributed by atoms with van der Waals surface area (Å²) in [4.78, 5) is 0. The molecule has 5 nitrogen and oxygen atoms in total. The maximum Gasteiger partial charge on any atom is 0.480 e. The van der Waals surface area contributed by atoms with Crippen LogP contribution in [0.4, 0.5) is 26.3 Å². The molecule has 0 N–H and O–H groups in total. The molecule has 0 aliphatic rings. The second-order valence-electron chi connectivity index (χ2n) is 13.1. The Morgan fingerprint density at radius 3 is 0.787 bits per heavy atom. The predicted molar refractivity (Wildman–Crippen MR) is 189 cm³/mol.